The lowest BCUT2D eigenvalue weighted by atomic mass is 10.1. The minimum atomic E-state index is -1.04. The molecule has 106 valence electrons. The molecule has 2 aromatic heterocycles. The van der Waals surface area contributed by atoms with Crippen LogP contribution < -0.4 is 4.74 Å². The number of ether oxygens (including phenoxy) is 1. The van der Waals surface area contributed by atoms with E-state index in [-0.39, 0.29) is 17.9 Å². The fourth-order valence-corrected chi connectivity index (χ4v) is 2.40. The first-order valence-corrected chi connectivity index (χ1v) is 6.91. The van der Waals surface area contributed by atoms with E-state index in [2.05, 4.69) is 20.9 Å². The number of carbonyl (C=O) groups is 1. The van der Waals surface area contributed by atoms with Crippen LogP contribution in [0.15, 0.2) is 51.6 Å². The van der Waals surface area contributed by atoms with E-state index in [0.717, 1.165) is 4.47 Å². The molecule has 0 aliphatic rings. The van der Waals surface area contributed by atoms with Gasteiger partial charge in [-0.1, -0.05) is 18.2 Å². The Morgan fingerprint density at radius 1 is 1.33 bits per heavy atom. The zero-order valence-corrected chi connectivity index (χ0v) is 12.3. The van der Waals surface area contributed by atoms with Crippen molar-refractivity contribution < 1.29 is 19.1 Å². The second kappa shape index (κ2) is 5.57. The SMILES string of the molecule is O=C(O)c1c(COc2cncc(Br)c2)oc2ccccc12. The predicted molar refractivity (Wildman–Crippen MR) is 79.4 cm³/mol. The molecule has 2 heterocycles. The highest BCUT2D eigenvalue weighted by Gasteiger charge is 2.20. The molecular formula is C15H10BrNO4. The molecule has 1 aromatic carbocycles. The second-order valence-electron chi connectivity index (χ2n) is 4.33. The van der Waals surface area contributed by atoms with E-state index in [1.807, 2.05) is 0 Å². The molecule has 0 bridgehead atoms. The highest BCUT2D eigenvalue weighted by molar-refractivity contribution is 9.10. The summed E-state index contributed by atoms with van der Waals surface area (Å²) in [4.78, 5) is 15.4. The molecule has 3 aromatic rings. The van der Waals surface area contributed by atoms with E-state index in [0.29, 0.717) is 16.7 Å². The number of hydrogen-bond acceptors (Lipinski definition) is 4. The molecule has 0 saturated carbocycles. The van der Waals surface area contributed by atoms with Gasteiger partial charge in [0.25, 0.3) is 0 Å². The number of furan rings is 1. The predicted octanol–water partition coefficient (Wildman–Crippen LogP) is 3.87. The number of hydrogen-bond donors (Lipinski definition) is 1. The van der Waals surface area contributed by atoms with Gasteiger partial charge in [0.2, 0.25) is 0 Å². The van der Waals surface area contributed by atoms with Gasteiger partial charge in [-0.25, -0.2) is 4.79 Å². The lowest BCUT2D eigenvalue weighted by molar-refractivity contribution is 0.0693. The van der Waals surface area contributed by atoms with Crippen LogP contribution in [0, 0.1) is 0 Å². The summed E-state index contributed by atoms with van der Waals surface area (Å²) in [7, 11) is 0. The Hall–Kier alpha value is -2.34. The third-order valence-corrected chi connectivity index (χ3v) is 3.37. The molecule has 21 heavy (non-hydrogen) atoms. The maximum absolute atomic E-state index is 11.4. The number of aromatic carboxylic acids is 1. The van der Waals surface area contributed by atoms with Gasteiger partial charge in [0.1, 0.15) is 23.5 Å². The van der Waals surface area contributed by atoms with Gasteiger partial charge >= 0.3 is 5.97 Å². The van der Waals surface area contributed by atoms with E-state index >= 15 is 0 Å². The number of fused-ring (bicyclic) bond motifs is 1. The fourth-order valence-electron chi connectivity index (χ4n) is 2.05. The number of carboxylic acids is 1. The van der Waals surface area contributed by atoms with Crippen LogP contribution in [0.4, 0.5) is 0 Å². The molecule has 0 spiro atoms. The van der Waals surface area contributed by atoms with Crippen LogP contribution in [0.3, 0.4) is 0 Å². The van der Waals surface area contributed by atoms with E-state index < -0.39 is 5.97 Å². The number of para-hydroxylation sites is 1. The summed E-state index contributed by atoms with van der Waals surface area (Å²) in [6.45, 7) is 0.0223. The topological polar surface area (TPSA) is 72.6 Å². The van der Waals surface area contributed by atoms with Crippen LogP contribution in [0.2, 0.25) is 0 Å². The first-order valence-electron chi connectivity index (χ1n) is 6.12. The highest BCUT2D eigenvalue weighted by atomic mass is 79.9. The number of pyridine rings is 1. The van der Waals surface area contributed by atoms with Gasteiger partial charge in [-0.05, 0) is 28.1 Å². The van der Waals surface area contributed by atoms with E-state index in [1.54, 1.807) is 42.7 Å². The zero-order chi connectivity index (χ0) is 14.8. The van der Waals surface area contributed by atoms with Crippen molar-refractivity contribution in [2.45, 2.75) is 6.61 Å². The second-order valence-corrected chi connectivity index (χ2v) is 5.24. The van der Waals surface area contributed by atoms with Crippen LogP contribution in [-0.2, 0) is 6.61 Å². The molecule has 1 N–H and O–H groups in total. The van der Waals surface area contributed by atoms with Crippen LogP contribution in [-0.4, -0.2) is 16.1 Å². The van der Waals surface area contributed by atoms with Crippen molar-refractivity contribution in [3.05, 3.63) is 58.5 Å². The van der Waals surface area contributed by atoms with Crippen LogP contribution in [0.25, 0.3) is 11.0 Å². The van der Waals surface area contributed by atoms with E-state index in [4.69, 9.17) is 9.15 Å². The number of rotatable bonds is 4. The Morgan fingerprint density at radius 2 is 2.14 bits per heavy atom. The van der Waals surface area contributed by atoms with Gasteiger partial charge in [0.15, 0.2) is 5.76 Å². The number of benzene rings is 1. The average molecular weight is 348 g/mol. The summed E-state index contributed by atoms with van der Waals surface area (Å²) in [5.41, 5.74) is 0.662. The Bertz CT molecular complexity index is 812. The van der Waals surface area contributed by atoms with Crippen molar-refractivity contribution in [3.8, 4) is 5.75 Å². The van der Waals surface area contributed by atoms with Crippen molar-refractivity contribution in [2.24, 2.45) is 0 Å². The highest BCUT2D eigenvalue weighted by Crippen LogP contribution is 2.27. The summed E-state index contributed by atoms with van der Waals surface area (Å²) < 4.78 is 11.9. The third-order valence-electron chi connectivity index (χ3n) is 2.93. The summed E-state index contributed by atoms with van der Waals surface area (Å²) in [5, 5.41) is 9.92. The minimum Gasteiger partial charge on any atom is -0.484 e. The summed E-state index contributed by atoms with van der Waals surface area (Å²) in [6.07, 6.45) is 3.19. The van der Waals surface area contributed by atoms with Crippen LogP contribution in [0.5, 0.6) is 5.75 Å². The number of aromatic nitrogens is 1. The average Bonchev–Trinajstić information content (AvgIpc) is 2.83. The lowest BCUT2D eigenvalue weighted by Gasteiger charge is -2.04. The van der Waals surface area contributed by atoms with Gasteiger partial charge < -0.3 is 14.3 Å². The molecule has 5 nitrogen and oxygen atoms in total. The first-order chi connectivity index (χ1) is 10.1. The summed E-state index contributed by atoms with van der Waals surface area (Å²) in [6, 6.07) is 8.75. The number of halogens is 1. The molecule has 0 aliphatic heterocycles. The molecule has 0 aliphatic carbocycles. The van der Waals surface area contributed by atoms with Crippen LogP contribution in [0.1, 0.15) is 16.1 Å². The molecule has 3 rings (SSSR count). The molecule has 0 saturated heterocycles. The molecule has 0 fully saturated rings. The van der Waals surface area contributed by atoms with Crippen LogP contribution >= 0.6 is 15.9 Å². The van der Waals surface area contributed by atoms with Crippen molar-refractivity contribution >= 4 is 32.9 Å². The maximum Gasteiger partial charge on any atom is 0.340 e. The molecular weight excluding hydrogens is 338 g/mol. The number of carboxylic acid groups (broad SMARTS) is 1. The molecule has 0 atom stereocenters. The zero-order valence-electron chi connectivity index (χ0n) is 10.7. The first kappa shape index (κ1) is 13.6. The summed E-state index contributed by atoms with van der Waals surface area (Å²) in [5.74, 6) is -0.226. The van der Waals surface area contributed by atoms with Crippen molar-refractivity contribution in [2.75, 3.05) is 0 Å². The maximum atomic E-state index is 11.4. The molecule has 0 radical (unpaired) electrons. The smallest absolute Gasteiger partial charge is 0.340 e. The quantitative estimate of drug-likeness (QED) is 0.775. The van der Waals surface area contributed by atoms with Gasteiger partial charge in [0, 0.05) is 16.1 Å². The Morgan fingerprint density at radius 3 is 2.90 bits per heavy atom. The Balaban J connectivity index is 1.93. The van der Waals surface area contributed by atoms with Crippen molar-refractivity contribution in [3.63, 3.8) is 0 Å². The number of nitrogens with zero attached hydrogens (tertiary/aromatic N) is 1. The minimum absolute atomic E-state index is 0.0223. The largest absolute Gasteiger partial charge is 0.484 e. The fraction of sp³-hybridized carbons (Fsp3) is 0.0667. The van der Waals surface area contributed by atoms with Gasteiger partial charge in [-0.2, -0.15) is 0 Å². The summed E-state index contributed by atoms with van der Waals surface area (Å²) >= 11 is 3.29. The standard InChI is InChI=1S/C15H10BrNO4/c16-9-5-10(7-17-6-9)20-8-13-14(15(18)19)11-3-1-2-4-12(11)21-13/h1-7H,8H2,(H,18,19). The Labute approximate surface area is 128 Å². The van der Waals surface area contributed by atoms with Gasteiger partial charge in [-0.3, -0.25) is 4.98 Å². The van der Waals surface area contributed by atoms with Crippen molar-refractivity contribution in [1.82, 2.24) is 4.98 Å². The van der Waals surface area contributed by atoms with Gasteiger partial charge in [-0.15, -0.1) is 0 Å². The third kappa shape index (κ3) is 2.75. The molecule has 0 amide bonds. The normalized spacial score (nSPS) is 10.7. The van der Waals surface area contributed by atoms with Crippen molar-refractivity contribution in [1.29, 1.82) is 0 Å². The molecule has 6 heteroatoms. The monoisotopic (exact) mass is 347 g/mol. The van der Waals surface area contributed by atoms with E-state index in [9.17, 15) is 9.90 Å². The van der Waals surface area contributed by atoms with Gasteiger partial charge in [0.05, 0.1) is 6.20 Å². The Kier molecular flexibility index (Phi) is 3.62. The lowest BCUT2D eigenvalue weighted by Crippen LogP contribution is -2.03. The van der Waals surface area contributed by atoms with E-state index in [1.165, 1.54) is 0 Å². The molecule has 0 unspecified atom stereocenters.